The van der Waals surface area contributed by atoms with Crippen molar-refractivity contribution in [2.24, 2.45) is 0 Å². The zero-order chi connectivity index (χ0) is 9.68. The van der Waals surface area contributed by atoms with Crippen LogP contribution in [0.4, 0.5) is 0 Å². The van der Waals surface area contributed by atoms with Gasteiger partial charge in [-0.05, 0) is 13.3 Å². The molecule has 0 aliphatic heterocycles. The van der Waals surface area contributed by atoms with Crippen molar-refractivity contribution in [2.75, 3.05) is 6.61 Å². The highest BCUT2D eigenvalue weighted by molar-refractivity contribution is 6.16. The van der Waals surface area contributed by atoms with Gasteiger partial charge in [0, 0.05) is 6.61 Å². The number of hydrogen-bond donors (Lipinski definition) is 1. The van der Waals surface area contributed by atoms with Gasteiger partial charge in [-0.15, -0.1) is 11.6 Å². The number of rotatable bonds is 5. The number of ether oxygens (including phenoxy) is 1. The van der Waals surface area contributed by atoms with Crippen LogP contribution in [0, 0.1) is 0 Å². The van der Waals surface area contributed by atoms with Gasteiger partial charge in [-0.1, -0.05) is 6.92 Å². The molecule has 0 fully saturated rings. The Morgan fingerprint density at radius 3 is 2.77 bits per heavy atom. The molecule has 0 radical (unpaired) electrons. The van der Waals surface area contributed by atoms with Crippen LogP contribution in [0.3, 0.4) is 0 Å². The summed E-state index contributed by atoms with van der Waals surface area (Å²) in [4.78, 5) is 4.19. The maximum Gasteiger partial charge on any atom is 0.179 e. The molecule has 4 nitrogen and oxygen atoms in total. The minimum absolute atomic E-state index is 0.0155. The van der Waals surface area contributed by atoms with Crippen molar-refractivity contribution in [3.8, 4) is 0 Å². The monoisotopic (exact) mass is 203 g/mol. The van der Waals surface area contributed by atoms with Crippen molar-refractivity contribution in [1.82, 2.24) is 15.2 Å². The predicted octanol–water partition coefficient (Wildman–Crippen LogP) is 2.03. The zero-order valence-corrected chi connectivity index (χ0v) is 8.64. The number of alkyl halides is 1. The first-order valence-corrected chi connectivity index (χ1v) is 4.94. The fourth-order valence-corrected chi connectivity index (χ4v) is 1.21. The smallest absolute Gasteiger partial charge is 0.179 e. The molecule has 74 valence electrons. The zero-order valence-electron chi connectivity index (χ0n) is 7.88. The quantitative estimate of drug-likeness (QED) is 0.745. The molecule has 0 saturated carbocycles. The molecule has 1 rings (SSSR count). The van der Waals surface area contributed by atoms with E-state index in [-0.39, 0.29) is 6.10 Å². The minimum atomic E-state index is -0.0155. The number of halogens is 1. The van der Waals surface area contributed by atoms with E-state index in [4.69, 9.17) is 16.3 Å². The molecule has 0 spiro atoms. The van der Waals surface area contributed by atoms with E-state index in [1.807, 2.05) is 13.8 Å². The summed E-state index contributed by atoms with van der Waals surface area (Å²) >= 11 is 5.59. The summed E-state index contributed by atoms with van der Waals surface area (Å²) in [6, 6.07) is 0. The second kappa shape index (κ2) is 5.19. The predicted molar refractivity (Wildman–Crippen MR) is 50.6 cm³/mol. The summed E-state index contributed by atoms with van der Waals surface area (Å²) in [6.45, 7) is 4.66. The summed E-state index contributed by atoms with van der Waals surface area (Å²) in [7, 11) is 0. The Bertz CT molecular complexity index is 251. The van der Waals surface area contributed by atoms with Crippen molar-refractivity contribution >= 4 is 11.6 Å². The normalized spacial score (nSPS) is 13.2. The van der Waals surface area contributed by atoms with E-state index in [0.717, 1.165) is 6.42 Å². The molecule has 0 aliphatic carbocycles. The first-order valence-electron chi connectivity index (χ1n) is 4.40. The van der Waals surface area contributed by atoms with Gasteiger partial charge in [0.05, 0.1) is 5.88 Å². The van der Waals surface area contributed by atoms with Crippen molar-refractivity contribution in [2.45, 2.75) is 32.3 Å². The van der Waals surface area contributed by atoms with Gasteiger partial charge in [0.25, 0.3) is 0 Å². The summed E-state index contributed by atoms with van der Waals surface area (Å²) in [5.74, 6) is 1.74. The third-order valence-electron chi connectivity index (χ3n) is 1.70. The van der Waals surface area contributed by atoms with Crippen molar-refractivity contribution in [3.63, 3.8) is 0 Å². The van der Waals surface area contributed by atoms with Crippen LogP contribution in [0.5, 0.6) is 0 Å². The summed E-state index contributed by atoms with van der Waals surface area (Å²) in [6.07, 6.45) is 0.853. The topological polar surface area (TPSA) is 50.8 Å². The third-order valence-corrected chi connectivity index (χ3v) is 1.96. The lowest BCUT2D eigenvalue weighted by molar-refractivity contribution is 0.0537. The number of nitrogens with zero attached hydrogens (tertiary/aromatic N) is 2. The number of aromatic amines is 1. The molecule has 1 unspecified atom stereocenters. The highest BCUT2D eigenvalue weighted by Gasteiger charge is 2.14. The molecule has 0 amide bonds. The van der Waals surface area contributed by atoms with Crippen molar-refractivity contribution in [3.05, 3.63) is 11.6 Å². The van der Waals surface area contributed by atoms with Crippen LogP contribution in [-0.2, 0) is 10.6 Å². The molecule has 5 heteroatoms. The first kappa shape index (κ1) is 10.5. The van der Waals surface area contributed by atoms with Gasteiger partial charge in [0.15, 0.2) is 5.82 Å². The van der Waals surface area contributed by atoms with Crippen molar-refractivity contribution in [1.29, 1.82) is 0 Å². The third kappa shape index (κ3) is 2.67. The molecule has 1 atom stereocenters. The Morgan fingerprint density at radius 2 is 2.31 bits per heavy atom. The van der Waals surface area contributed by atoms with Crippen LogP contribution < -0.4 is 0 Å². The Hall–Kier alpha value is -0.610. The highest BCUT2D eigenvalue weighted by Crippen LogP contribution is 2.16. The van der Waals surface area contributed by atoms with Crippen LogP contribution in [0.15, 0.2) is 0 Å². The molecule has 0 aromatic carbocycles. The Morgan fingerprint density at radius 1 is 1.54 bits per heavy atom. The Balaban J connectivity index is 2.67. The number of H-pyrrole nitrogens is 1. The molecule has 1 N–H and O–H groups in total. The standard InChI is InChI=1S/C8H14ClN3O/c1-3-6(13-4-2)8-10-7(5-9)11-12-8/h6H,3-5H2,1-2H3,(H,10,11,12). The van der Waals surface area contributed by atoms with Gasteiger partial charge in [0.1, 0.15) is 11.9 Å². The fraction of sp³-hybridized carbons (Fsp3) is 0.750. The average Bonchev–Trinajstić information content (AvgIpc) is 2.62. The number of aromatic nitrogens is 3. The van der Waals surface area contributed by atoms with E-state index in [1.54, 1.807) is 0 Å². The van der Waals surface area contributed by atoms with E-state index in [2.05, 4.69) is 15.2 Å². The van der Waals surface area contributed by atoms with Gasteiger partial charge in [-0.25, -0.2) is 4.98 Å². The van der Waals surface area contributed by atoms with E-state index in [1.165, 1.54) is 0 Å². The second-order valence-corrected chi connectivity index (χ2v) is 2.89. The van der Waals surface area contributed by atoms with E-state index in [0.29, 0.717) is 24.1 Å². The van der Waals surface area contributed by atoms with Gasteiger partial charge in [-0.3, -0.25) is 5.10 Å². The molecular formula is C8H14ClN3O. The van der Waals surface area contributed by atoms with E-state index >= 15 is 0 Å². The lowest BCUT2D eigenvalue weighted by Gasteiger charge is -2.09. The van der Waals surface area contributed by atoms with Crippen LogP contribution in [-0.4, -0.2) is 21.8 Å². The minimum Gasteiger partial charge on any atom is -0.370 e. The summed E-state index contributed by atoms with van der Waals surface area (Å²) in [5, 5.41) is 6.79. The second-order valence-electron chi connectivity index (χ2n) is 2.63. The highest BCUT2D eigenvalue weighted by atomic mass is 35.5. The first-order chi connectivity index (χ1) is 6.31. The molecule has 1 aromatic rings. The number of nitrogens with one attached hydrogen (secondary N) is 1. The van der Waals surface area contributed by atoms with Gasteiger partial charge >= 0.3 is 0 Å². The molecule has 0 bridgehead atoms. The molecule has 1 heterocycles. The van der Waals surface area contributed by atoms with Crippen LogP contribution in [0.25, 0.3) is 0 Å². The largest absolute Gasteiger partial charge is 0.370 e. The van der Waals surface area contributed by atoms with Crippen molar-refractivity contribution < 1.29 is 4.74 Å². The molecule has 0 aliphatic rings. The van der Waals surface area contributed by atoms with E-state index in [9.17, 15) is 0 Å². The molecular weight excluding hydrogens is 190 g/mol. The molecule has 13 heavy (non-hydrogen) atoms. The van der Waals surface area contributed by atoms with Gasteiger partial charge < -0.3 is 4.74 Å². The lowest BCUT2D eigenvalue weighted by Crippen LogP contribution is -2.04. The van der Waals surface area contributed by atoms with Crippen LogP contribution in [0.2, 0.25) is 0 Å². The lowest BCUT2D eigenvalue weighted by atomic mass is 10.2. The van der Waals surface area contributed by atoms with Gasteiger partial charge in [0.2, 0.25) is 0 Å². The SMILES string of the molecule is CCOC(CC)c1n[nH]c(CCl)n1. The Kier molecular flexibility index (Phi) is 4.18. The summed E-state index contributed by atoms with van der Waals surface area (Å²) in [5.41, 5.74) is 0. The maximum absolute atomic E-state index is 5.59. The maximum atomic E-state index is 5.59. The Labute approximate surface area is 82.7 Å². The molecule has 1 aromatic heterocycles. The van der Waals surface area contributed by atoms with E-state index < -0.39 is 0 Å². The van der Waals surface area contributed by atoms with Gasteiger partial charge in [-0.2, -0.15) is 5.10 Å². The van der Waals surface area contributed by atoms with Crippen LogP contribution in [0.1, 0.15) is 38.0 Å². The number of hydrogen-bond acceptors (Lipinski definition) is 3. The van der Waals surface area contributed by atoms with Crippen LogP contribution >= 0.6 is 11.6 Å². The fourth-order valence-electron chi connectivity index (χ4n) is 1.09. The summed E-state index contributed by atoms with van der Waals surface area (Å²) < 4.78 is 5.45. The molecule has 0 saturated heterocycles. The average molecular weight is 204 g/mol.